The first-order valence-corrected chi connectivity index (χ1v) is 7.27. The van der Waals surface area contributed by atoms with Crippen LogP contribution in [0.5, 0.6) is 5.75 Å². The van der Waals surface area contributed by atoms with Gasteiger partial charge in [-0.3, -0.25) is 0 Å². The predicted molar refractivity (Wildman–Crippen MR) is 78.9 cm³/mol. The number of hydrogen-bond acceptors (Lipinski definition) is 3. The third-order valence-electron chi connectivity index (χ3n) is 4.11. The van der Waals surface area contributed by atoms with Gasteiger partial charge < -0.3 is 14.7 Å². The Labute approximate surface area is 116 Å². The zero-order valence-electron chi connectivity index (χ0n) is 12.2. The third kappa shape index (κ3) is 3.03. The number of anilines is 1. The summed E-state index contributed by atoms with van der Waals surface area (Å²) in [6.07, 6.45) is 3.53. The van der Waals surface area contributed by atoms with Crippen LogP contribution in [-0.2, 0) is 0 Å². The summed E-state index contributed by atoms with van der Waals surface area (Å²) >= 11 is 0. The Balaban J connectivity index is 2.29. The van der Waals surface area contributed by atoms with Crippen LogP contribution in [0.1, 0.15) is 44.8 Å². The van der Waals surface area contributed by atoms with Gasteiger partial charge in [-0.15, -0.1) is 0 Å². The number of rotatable bonds is 6. The summed E-state index contributed by atoms with van der Waals surface area (Å²) in [6, 6.07) is 6.01. The first-order chi connectivity index (χ1) is 9.17. The SMILES string of the molecule is CCN(CC1CCC1)c1cccc(OC)c1C(C)O. The van der Waals surface area contributed by atoms with Gasteiger partial charge in [0.1, 0.15) is 5.75 Å². The van der Waals surface area contributed by atoms with Crippen molar-refractivity contribution in [2.75, 3.05) is 25.1 Å². The fraction of sp³-hybridized carbons (Fsp3) is 0.625. The van der Waals surface area contributed by atoms with Crippen LogP contribution < -0.4 is 9.64 Å². The Bertz CT molecular complexity index is 413. The van der Waals surface area contributed by atoms with Crippen molar-refractivity contribution >= 4 is 5.69 Å². The van der Waals surface area contributed by atoms with Crippen LogP contribution in [0.4, 0.5) is 5.69 Å². The van der Waals surface area contributed by atoms with Gasteiger partial charge in [0.15, 0.2) is 0 Å². The van der Waals surface area contributed by atoms with Gasteiger partial charge in [0.2, 0.25) is 0 Å². The molecule has 0 amide bonds. The fourth-order valence-electron chi connectivity index (χ4n) is 2.79. The van der Waals surface area contributed by atoms with E-state index in [0.29, 0.717) is 0 Å². The molecule has 1 saturated carbocycles. The smallest absolute Gasteiger partial charge is 0.126 e. The highest BCUT2D eigenvalue weighted by molar-refractivity contribution is 5.60. The van der Waals surface area contributed by atoms with Crippen LogP contribution in [0.2, 0.25) is 0 Å². The Kier molecular flexibility index (Phi) is 4.70. The highest BCUT2D eigenvalue weighted by atomic mass is 16.5. The molecule has 106 valence electrons. The van der Waals surface area contributed by atoms with Gasteiger partial charge in [-0.2, -0.15) is 0 Å². The minimum atomic E-state index is -0.512. The van der Waals surface area contributed by atoms with Crippen LogP contribution in [0.15, 0.2) is 18.2 Å². The minimum Gasteiger partial charge on any atom is -0.496 e. The molecule has 1 aliphatic carbocycles. The maximum Gasteiger partial charge on any atom is 0.126 e. The molecule has 0 saturated heterocycles. The number of methoxy groups -OCH3 is 1. The number of hydrogen-bond donors (Lipinski definition) is 1. The quantitative estimate of drug-likeness (QED) is 0.854. The van der Waals surface area contributed by atoms with E-state index in [0.717, 1.165) is 36.0 Å². The van der Waals surface area contributed by atoms with E-state index in [1.165, 1.54) is 19.3 Å². The van der Waals surface area contributed by atoms with E-state index in [1.54, 1.807) is 14.0 Å². The van der Waals surface area contributed by atoms with E-state index in [9.17, 15) is 5.11 Å². The third-order valence-corrected chi connectivity index (χ3v) is 4.11. The highest BCUT2D eigenvalue weighted by Crippen LogP contribution is 2.36. The lowest BCUT2D eigenvalue weighted by Gasteiger charge is -2.34. The molecule has 0 bridgehead atoms. The molecular formula is C16H25NO2. The van der Waals surface area contributed by atoms with Crippen LogP contribution >= 0.6 is 0 Å². The molecule has 1 aromatic rings. The van der Waals surface area contributed by atoms with E-state index in [-0.39, 0.29) is 0 Å². The number of aliphatic hydroxyl groups excluding tert-OH is 1. The molecule has 0 aromatic heterocycles. The summed E-state index contributed by atoms with van der Waals surface area (Å²) in [5.74, 6) is 1.59. The van der Waals surface area contributed by atoms with Gasteiger partial charge >= 0.3 is 0 Å². The first kappa shape index (κ1) is 14.2. The lowest BCUT2D eigenvalue weighted by molar-refractivity contribution is 0.194. The van der Waals surface area contributed by atoms with Crippen molar-refractivity contribution in [1.29, 1.82) is 0 Å². The molecule has 0 spiro atoms. The minimum absolute atomic E-state index is 0.512. The molecule has 19 heavy (non-hydrogen) atoms. The van der Waals surface area contributed by atoms with Crippen molar-refractivity contribution in [2.24, 2.45) is 5.92 Å². The topological polar surface area (TPSA) is 32.7 Å². The average molecular weight is 263 g/mol. The molecule has 3 nitrogen and oxygen atoms in total. The molecule has 1 unspecified atom stereocenters. The molecule has 1 N–H and O–H groups in total. The van der Waals surface area contributed by atoms with Gasteiger partial charge in [-0.1, -0.05) is 12.5 Å². The van der Waals surface area contributed by atoms with Crippen LogP contribution in [0.3, 0.4) is 0 Å². The summed E-state index contributed by atoms with van der Waals surface area (Å²) in [5, 5.41) is 10.1. The summed E-state index contributed by atoms with van der Waals surface area (Å²) in [7, 11) is 1.66. The average Bonchev–Trinajstić information content (AvgIpc) is 2.36. The summed E-state index contributed by atoms with van der Waals surface area (Å²) < 4.78 is 5.40. The fourth-order valence-corrected chi connectivity index (χ4v) is 2.79. The molecular weight excluding hydrogens is 238 g/mol. The molecule has 0 heterocycles. The predicted octanol–water partition coefficient (Wildman–Crippen LogP) is 3.37. The van der Waals surface area contributed by atoms with E-state index in [2.05, 4.69) is 17.9 Å². The maximum absolute atomic E-state index is 10.1. The van der Waals surface area contributed by atoms with E-state index < -0.39 is 6.10 Å². The molecule has 1 fully saturated rings. The summed E-state index contributed by atoms with van der Waals surface area (Å²) in [4.78, 5) is 2.37. The van der Waals surface area contributed by atoms with Gasteiger partial charge in [-0.25, -0.2) is 0 Å². The second kappa shape index (κ2) is 6.29. The Morgan fingerprint density at radius 3 is 2.63 bits per heavy atom. The molecule has 1 aromatic carbocycles. The lowest BCUT2D eigenvalue weighted by Crippen LogP contribution is -2.33. The zero-order chi connectivity index (χ0) is 13.8. The van der Waals surface area contributed by atoms with Gasteiger partial charge in [0, 0.05) is 24.3 Å². The van der Waals surface area contributed by atoms with Crippen molar-refractivity contribution in [2.45, 2.75) is 39.2 Å². The van der Waals surface area contributed by atoms with Gasteiger partial charge in [-0.05, 0) is 44.7 Å². The van der Waals surface area contributed by atoms with Crippen molar-refractivity contribution < 1.29 is 9.84 Å². The maximum atomic E-state index is 10.1. The largest absolute Gasteiger partial charge is 0.496 e. The molecule has 1 atom stereocenters. The number of benzene rings is 1. The molecule has 3 heteroatoms. The van der Waals surface area contributed by atoms with Crippen LogP contribution in [0.25, 0.3) is 0 Å². The summed E-state index contributed by atoms with van der Waals surface area (Å²) in [5.41, 5.74) is 2.02. The monoisotopic (exact) mass is 263 g/mol. The second-order valence-electron chi connectivity index (χ2n) is 5.40. The lowest BCUT2D eigenvalue weighted by atomic mass is 9.85. The van der Waals surface area contributed by atoms with E-state index in [1.807, 2.05) is 12.1 Å². The molecule has 1 aliphatic rings. The first-order valence-electron chi connectivity index (χ1n) is 7.27. The zero-order valence-corrected chi connectivity index (χ0v) is 12.2. The molecule has 0 aliphatic heterocycles. The van der Waals surface area contributed by atoms with Crippen LogP contribution in [0, 0.1) is 5.92 Å². The summed E-state index contributed by atoms with van der Waals surface area (Å²) in [6.45, 7) is 6.02. The van der Waals surface area contributed by atoms with E-state index >= 15 is 0 Å². The van der Waals surface area contributed by atoms with Crippen molar-refractivity contribution in [1.82, 2.24) is 0 Å². The number of nitrogens with zero attached hydrogens (tertiary/aromatic N) is 1. The highest BCUT2D eigenvalue weighted by Gasteiger charge is 2.23. The Hall–Kier alpha value is -1.22. The van der Waals surface area contributed by atoms with Crippen molar-refractivity contribution in [3.63, 3.8) is 0 Å². The van der Waals surface area contributed by atoms with E-state index in [4.69, 9.17) is 4.74 Å². The second-order valence-corrected chi connectivity index (χ2v) is 5.40. The van der Waals surface area contributed by atoms with Gasteiger partial charge in [0.05, 0.1) is 13.2 Å². The van der Waals surface area contributed by atoms with Gasteiger partial charge in [0.25, 0.3) is 0 Å². The normalized spacial score (nSPS) is 16.8. The van der Waals surface area contributed by atoms with Crippen molar-refractivity contribution in [3.8, 4) is 5.75 Å². The molecule has 0 radical (unpaired) electrons. The van der Waals surface area contributed by atoms with Crippen molar-refractivity contribution in [3.05, 3.63) is 23.8 Å². The molecule has 2 rings (SSSR count). The van der Waals surface area contributed by atoms with Crippen LogP contribution in [-0.4, -0.2) is 25.3 Å². The number of aliphatic hydroxyl groups is 1. The Morgan fingerprint density at radius 2 is 2.16 bits per heavy atom. The number of ether oxygens (including phenoxy) is 1. The standard InChI is InChI=1S/C16H25NO2/c1-4-17(11-13-7-5-8-13)14-9-6-10-15(19-3)16(14)12(2)18/h6,9-10,12-13,18H,4-5,7-8,11H2,1-3H3. The Morgan fingerprint density at radius 1 is 1.42 bits per heavy atom.